The van der Waals surface area contributed by atoms with Gasteiger partial charge in [-0.15, -0.1) is 0 Å². The van der Waals surface area contributed by atoms with Crippen LogP contribution in [-0.4, -0.2) is 59.2 Å². The molecule has 9 nitrogen and oxygen atoms in total. The predicted octanol–water partition coefficient (Wildman–Crippen LogP) is 4.13. The third-order valence-corrected chi connectivity index (χ3v) is 4.82. The minimum absolute atomic E-state index is 0.167. The predicted molar refractivity (Wildman–Crippen MR) is 138 cm³/mol. The summed E-state index contributed by atoms with van der Waals surface area (Å²) in [5.41, 5.74) is 8.26. The van der Waals surface area contributed by atoms with Crippen molar-refractivity contribution in [2.45, 2.75) is 53.2 Å². The average molecular weight is 496 g/mol. The number of hydrazine groups is 1. The lowest BCUT2D eigenvalue weighted by atomic mass is 9.99. The highest BCUT2D eigenvalue weighted by molar-refractivity contribution is 6.02. The van der Waals surface area contributed by atoms with Crippen LogP contribution in [0.5, 0.6) is 0 Å². The molecule has 0 saturated heterocycles. The van der Waals surface area contributed by atoms with Gasteiger partial charge in [-0.05, 0) is 64.3 Å². The number of halogens is 2. The molecule has 2 rings (SSSR count). The minimum atomic E-state index is -0.500. The van der Waals surface area contributed by atoms with Crippen LogP contribution in [0.25, 0.3) is 5.57 Å². The maximum atomic E-state index is 12.5. The molecule has 1 aromatic rings. The Hall–Kier alpha value is -3.47. The van der Waals surface area contributed by atoms with E-state index in [1.165, 1.54) is 11.1 Å². The van der Waals surface area contributed by atoms with Gasteiger partial charge in [0.05, 0.1) is 31.2 Å². The molecule has 11 heteroatoms. The first-order valence-corrected chi connectivity index (χ1v) is 11.1. The molecule has 1 amide bonds. The zero-order valence-corrected chi connectivity index (χ0v) is 21.4. The Morgan fingerprint density at radius 2 is 1.91 bits per heavy atom. The average Bonchev–Trinajstić information content (AvgIpc) is 2.86. The van der Waals surface area contributed by atoms with Gasteiger partial charge in [0.15, 0.2) is 5.84 Å². The van der Waals surface area contributed by atoms with Crippen molar-refractivity contribution in [1.82, 2.24) is 14.9 Å². The Morgan fingerprint density at radius 3 is 2.37 bits per heavy atom. The molecule has 1 atom stereocenters. The molecule has 0 bridgehead atoms. The van der Waals surface area contributed by atoms with E-state index in [4.69, 9.17) is 22.2 Å². The molecule has 2 heterocycles. The van der Waals surface area contributed by atoms with Crippen LogP contribution in [0.4, 0.5) is 19.4 Å². The van der Waals surface area contributed by atoms with Crippen molar-refractivity contribution in [1.29, 1.82) is 0 Å². The van der Waals surface area contributed by atoms with Crippen molar-refractivity contribution in [3.63, 3.8) is 0 Å². The van der Waals surface area contributed by atoms with E-state index in [0.717, 1.165) is 11.1 Å². The number of hydrazone groups is 1. The largest absolute Gasteiger partial charge is 0.447 e. The first-order chi connectivity index (χ1) is 16.7. The normalized spacial score (nSPS) is 14.6. The Labute approximate surface area is 207 Å². The summed E-state index contributed by atoms with van der Waals surface area (Å²) in [6.45, 7) is 10.3. The molecule has 1 unspecified atom stereocenters. The molecule has 6 N–H and O–H groups in total. The lowest BCUT2D eigenvalue weighted by Gasteiger charge is -2.27. The Balaban J connectivity index is 0.00000174. The van der Waals surface area contributed by atoms with Crippen molar-refractivity contribution < 1.29 is 18.3 Å². The fraction of sp³-hybridized carbons (Fsp3) is 0.458. The molecule has 0 aromatic carbocycles. The summed E-state index contributed by atoms with van der Waals surface area (Å²) in [6.07, 6.45) is 9.37. The second kappa shape index (κ2) is 17.0. The van der Waals surface area contributed by atoms with Crippen molar-refractivity contribution in [3.05, 3.63) is 54.0 Å². The maximum absolute atomic E-state index is 12.5. The molecular formula is C24H39F2N7O2. The van der Waals surface area contributed by atoms with Crippen LogP contribution in [0.1, 0.15) is 52.2 Å². The summed E-state index contributed by atoms with van der Waals surface area (Å²) in [6, 6.07) is 1.29. The van der Waals surface area contributed by atoms with Gasteiger partial charge in [-0.3, -0.25) is 9.40 Å². The molecule has 0 aliphatic carbocycles. The van der Waals surface area contributed by atoms with E-state index in [0.29, 0.717) is 38.6 Å². The van der Waals surface area contributed by atoms with Crippen LogP contribution in [0.15, 0.2) is 48.0 Å². The lowest BCUT2D eigenvalue weighted by molar-refractivity contribution is 0.0799. The molecule has 35 heavy (non-hydrogen) atoms. The number of hydrogen-bond acceptors (Lipinski definition) is 7. The fourth-order valence-electron chi connectivity index (χ4n) is 2.87. The summed E-state index contributed by atoms with van der Waals surface area (Å²) in [4.78, 5) is 17.9. The van der Waals surface area contributed by atoms with E-state index >= 15 is 0 Å². The molecule has 1 aromatic heterocycles. The summed E-state index contributed by atoms with van der Waals surface area (Å²) >= 11 is 0. The third kappa shape index (κ3) is 10.1. The van der Waals surface area contributed by atoms with E-state index in [1.54, 1.807) is 24.1 Å². The lowest BCUT2D eigenvalue weighted by Crippen LogP contribution is -2.44. The first kappa shape index (κ1) is 31.5. The number of amides is 1. The number of ether oxygens (including phenoxy) is 1. The van der Waals surface area contributed by atoms with Crippen LogP contribution in [0.3, 0.4) is 0 Å². The van der Waals surface area contributed by atoms with Crippen molar-refractivity contribution in [2.75, 3.05) is 26.0 Å². The molecule has 1 aliphatic rings. The Morgan fingerprint density at radius 1 is 1.29 bits per heavy atom. The fourth-order valence-corrected chi connectivity index (χ4v) is 2.87. The summed E-state index contributed by atoms with van der Waals surface area (Å²) in [5.74, 6) is 11.9. The molecular weight excluding hydrogens is 456 g/mol. The number of carbonyl (C=O) groups is 1. The van der Waals surface area contributed by atoms with Gasteiger partial charge in [0.2, 0.25) is 0 Å². The number of nitrogen functional groups attached to an aromatic ring is 1. The number of nitrogens with two attached hydrogens (primary N) is 3. The summed E-state index contributed by atoms with van der Waals surface area (Å²) < 4.78 is 27.2. The zero-order chi connectivity index (χ0) is 27.0. The highest BCUT2D eigenvalue weighted by Gasteiger charge is 2.22. The summed E-state index contributed by atoms with van der Waals surface area (Å²) in [5, 5.41) is 4.94. The number of alkyl halides is 1. The maximum Gasteiger partial charge on any atom is 0.410 e. The number of carbonyl (C=O) groups excluding carboxylic acids is 1. The van der Waals surface area contributed by atoms with Gasteiger partial charge in [0, 0.05) is 19.3 Å². The molecule has 1 aliphatic heterocycles. The van der Waals surface area contributed by atoms with Gasteiger partial charge < -0.3 is 21.2 Å². The van der Waals surface area contributed by atoms with Gasteiger partial charge in [0.1, 0.15) is 5.82 Å². The summed E-state index contributed by atoms with van der Waals surface area (Å²) in [7, 11) is 0.500. The van der Waals surface area contributed by atoms with E-state index in [-0.39, 0.29) is 23.9 Å². The van der Waals surface area contributed by atoms with Gasteiger partial charge >= 0.3 is 6.09 Å². The smallest absolute Gasteiger partial charge is 0.410 e. The van der Waals surface area contributed by atoms with E-state index < -0.39 is 6.04 Å². The standard InChI is InChI=1S/C19H28FN7O2.C4H8.CH3F/c1-12(2)29-19(28)26-8-5-14(6-9-26)15-10-16(17(21)24-11-15)18(25-22)27(23)13(3)4-7-20;1-3-4-2;1-2/h4-5,7,10-13H,6,8-9,22-23H2,1-3H3,(H2,21,24);3-4H,1-2H3;1H3/b7-4+,25-18-;4-3-;. The number of nitrogens with zero attached hydrogens (tertiary/aromatic N) is 4. The van der Waals surface area contributed by atoms with Crippen molar-refractivity contribution >= 4 is 23.3 Å². The highest BCUT2D eigenvalue weighted by Crippen LogP contribution is 2.25. The van der Waals surface area contributed by atoms with Crippen molar-refractivity contribution in [2.24, 2.45) is 16.8 Å². The van der Waals surface area contributed by atoms with Crippen LogP contribution < -0.4 is 17.4 Å². The number of rotatable bonds is 5. The quantitative estimate of drug-likeness (QED) is 0.184. The van der Waals surface area contributed by atoms with E-state index in [2.05, 4.69) is 10.1 Å². The molecule has 0 fully saturated rings. The minimum Gasteiger partial charge on any atom is -0.447 e. The highest BCUT2D eigenvalue weighted by atomic mass is 19.1. The monoisotopic (exact) mass is 495 g/mol. The number of allylic oxidation sites excluding steroid dienone is 2. The van der Waals surface area contributed by atoms with Gasteiger partial charge in [-0.25, -0.2) is 20.0 Å². The van der Waals surface area contributed by atoms with Crippen molar-refractivity contribution in [3.8, 4) is 0 Å². The second-order valence-electron chi connectivity index (χ2n) is 7.60. The van der Waals surface area contributed by atoms with Crippen LogP contribution in [-0.2, 0) is 4.74 Å². The van der Waals surface area contributed by atoms with E-state index in [9.17, 15) is 13.6 Å². The number of amidine groups is 1. The van der Waals surface area contributed by atoms with Gasteiger partial charge in [-0.2, -0.15) is 5.10 Å². The third-order valence-electron chi connectivity index (χ3n) is 4.82. The first-order valence-electron chi connectivity index (χ1n) is 11.1. The number of anilines is 1. The number of aromatic nitrogens is 1. The van der Waals surface area contributed by atoms with Crippen LogP contribution in [0.2, 0.25) is 0 Å². The number of hydrogen-bond donors (Lipinski definition) is 3. The molecule has 0 spiro atoms. The van der Waals surface area contributed by atoms with Gasteiger partial charge in [-0.1, -0.05) is 18.2 Å². The molecule has 196 valence electrons. The van der Waals surface area contributed by atoms with Crippen LogP contribution >= 0.6 is 0 Å². The Bertz CT molecular complexity index is 898. The number of pyridine rings is 1. The van der Waals surface area contributed by atoms with Gasteiger partial charge in [0.25, 0.3) is 0 Å². The SMILES string of the molecule is C/C=C\C.CC(C)OC(=O)N1CC=C(c2cnc(N)c(/C(=N/N)N(N)C(C)/C=C/F)c2)CC1.CF. The van der Waals surface area contributed by atoms with E-state index in [1.807, 2.05) is 45.9 Å². The van der Waals surface area contributed by atoms with Crippen LogP contribution in [0, 0.1) is 0 Å². The topological polar surface area (TPSA) is 136 Å². The second-order valence-corrected chi connectivity index (χ2v) is 7.60. The molecule has 0 radical (unpaired) electrons. The Kier molecular flexibility index (Phi) is 15.3. The zero-order valence-electron chi connectivity index (χ0n) is 21.4. The molecule has 0 saturated carbocycles.